The number of nitrogens with one attached hydrogen (secondary N) is 1. The van der Waals surface area contributed by atoms with Crippen LogP contribution in [-0.4, -0.2) is 42.1 Å². The van der Waals surface area contributed by atoms with E-state index in [1.807, 2.05) is 55.4 Å². The van der Waals surface area contributed by atoms with Crippen LogP contribution in [0.1, 0.15) is 38.6 Å². The molecule has 0 spiro atoms. The Morgan fingerprint density at radius 1 is 1.28 bits per heavy atom. The van der Waals surface area contributed by atoms with Crippen LogP contribution in [0.4, 0.5) is 0 Å². The van der Waals surface area contributed by atoms with Gasteiger partial charge in [0, 0.05) is 37.3 Å². The van der Waals surface area contributed by atoms with Crippen molar-refractivity contribution in [3.05, 3.63) is 76.8 Å². The second-order valence-electron chi connectivity index (χ2n) is 7.94. The number of imidazole rings is 1. The lowest BCUT2D eigenvalue weighted by molar-refractivity contribution is 0.0677. The number of furan rings is 1. The highest BCUT2D eigenvalue weighted by atomic mass is 32.1. The Hall–Kier alpha value is -3.72. The van der Waals surface area contributed by atoms with Crippen molar-refractivity contribution >= 4 is 28.2 Å². The maximum Gasteiger partial charge on any atom is 0.266 e. The third-order valence-corrected chi connectivity index (χ3v) is 6.88. The molecule has 5 heterocycles. The predicted molar refractivity (Wildman–Crippen MR) is 120 cm³/mol. The number of H-pyrrole nitrogens is 1. The third kappa shape index (κ3) is 2.96. The Balaban J connectivity index is 1.40. The molecule has 9 heteroatoms. The number of aromatic amines is 1. The van der Waals surface area contributed by atoms with Crippen LogP contribution in [0.3, 0.4) is 0 Å². The molecule has 5 aromatic rings. The second kappa shape index (κ2) is 7.16. The molecular weight excluding hydrogens is 424 g/mol. The van der Waals surface area contributed by atoms with Gasteiger partial charge in [-0.25, -0.2) is 9.97 Å². The summed E-state index contributed by atoms with van der Waals surface area (Å²) in [5.74, 6) is 0.634. The number of rotatable bonds is 3. The molecule has 1 aromatic carbocycles. The average molecular weight is 445 g/mol. The minimum atomic E-state index is -0.393. The largest absolute Gasteiger partial charge is 0.458 e. The number of aryl methyl sites for hydroxylation is 2. The van der Waals surface area contributed by atoms with E-state index in [-0.39, 0.29) is 5.91 Å². The average Bonchev–Trinajstić information content (AvgIpc) is 3.57. The summed E-state index contributed by atoms with van der Waals surface area (Å²) < 4.78 is 7.93. The highest BCUT2D eigenvalue weighted by molar-refractivity contribution is 7.16. The number of thiazole rings is 1. The van der Waals surface area contributed by atoms with Gasteiger partial charge < -0.3 is 14.3 Å². The molecular formula is C23H20N6O2S. The van der Waals surface area contributed by atoms with Crippen molar-refractivity contribution in [2.75, 3.05) is 6.54 Å². The van der Waals surface area contributed by atoms with Crippen molar-refractivity contribution in [3.63, 3.8) is 0 Å². The molecule has 0 fully saturated rings. The minimum absolute atomic E-state index is 0.0746. The first-order chi connectivity index (χ1) is 15.6. The summed E-state index contributed by atoms with van der Waals surface area (Å²) in [7, 11) is 1.88. The number of amides is 1. The minimum Gasteiger partial charge on any atom is -0.458 e. The normalized spacial score (nSPS) is 15.9. The molecule has 8 nitrogen and oxygen atoms in total. The molecule has 0 bridgehead atoms. The predicted octanol–water partition coefficient (Wildman–Crippen LogP) is 4.11. The number of carbonyl (C=O) groups excluding carboxylic acids is 1. The molecule has 1 amide bonds. The molecule has 1 aliphatic heterocycles. The standard InChI is InChI=1S/C23H20N6O2S/c1-13-15(11-28(2)27-13)22-24-10-19(32-22)23(30)29-8-7-16-20(26-12-25-16)21(29)18-9-14-5-3-4-6-17(14)31-18/h3-6,9-12,21H,7-8H2,1-2H3,(H,25,26)/t21-/m1/s1. The highest BCUT2D eigenvalue weighted by Crippen LogP contribution is 2.38. The molecule has 0 radical (unpaired) electrons. The van der Waals surface area contributed by atoms with E-state index in [2.05, 4.69) is 20.1 Å². The van der Waals surface area contributed by atoms with E-state index in [4.69, 9.17) is 4.42 Å². The third-order valence-electron chi connectivity index (χ3n) is 5.86. The van der Waals surface area contributed by atoms with E-state index in [9.17, 15) is 4.79 Å². The molecule has 4 aromatic heterocycles. The maximum absolute atomic E-state index is 13.7. The highest BCUT2D eigenvalue weighted by Gasteiger charge is 2.37. The molecule has 32 heavy (non-hydrogen) atoms. The number of nitrogens with zero attached hydrogens (tertiary/aromatic N) is 5. The summed E-state index contributed by atoms with van der Waals surface area (Å²) in [5, 5.41) is 6.18. The van der Waals surface area contributed by atoms with Crippen molar-refractivity contribution in [1.82, 2.24) is 29.6 Å². The zero-order valence-electron chi connectivity index (χ0n) is 17.6. The van der Waals surface area contributed by atoms with E-state index < -0.39 is 6.04 Å². The van der Waals surface area contributed by atoms with Gasteiger partial charge in [0.2, 0.25) is 0 Å². The van der Waals surface area contributed by atoms with E-state index in [1.165, 1.54) is 11.3 Å². The number of benzene rings is 1. The smallest absolute Gasteiger partial charge is 0.266 e. The Labute approximate surface area is 187 Å². The Kier molecular flexibility index (Phi) is 4.25. The Morgan fingerprint density at radius 3 is 2.97 bits per heavy atom. The van der Waals surface area contributed by atoms with Gasteiger partial charge in [-0.2, -0.15) is 5.10 Å². The first kappa shape index (κ1) is 19.0. The maximum atomic E-state index is 13.7. The lowest BCUT2D eigenvalue weighted by atomic mass is 10.00. The van der Waals surface area contributed by atoms with Crippen LogP contribution >= 0.6 is 11.3 Å². The number of aromatic nitrogens is 5. The second-order valence-corrected chi connectivity index (χ2v) is 8.97. The SMILES string of the molecule is Cc1nn(C)cc1-c1ncc(C(=O)N2CCc3[nH]cnc3[C@H]2c2cc3ccccc3o2)s1. The van der Waals surface area contributed by atoms with Gasteiger partial charge in [-0.3, -0.25) is 9.48 Å². The molecule has 0 unspecified atom stereocenters. The summed E-state index contributed by atoms with van der Waals surface area (Å²) in [6.45, 7) is 2.51. The van der Waals surface area contributed by atoms with Gasteiger partial charge in [0.15, 0.2) is 0 Å². The lowest BCUT2D eigenvalue weighted by Crippen LogP contribution is -2.40. The van der Waals surface area contributed by atoms with Crippen molar-refractivity contribution in [1.29, 1.82) is 0 Å². The van der Waals surface area contributed by atoms with Gasteiger partial charge in [-0.1, -0.05) is 18.2 Å². The number of hydrogen-bond donors (Lipinski definition) is 1. The molecule has 0 saturated carbocycles. The molecule has 0 saturated heterocycles. The van der Waals surface area contributed by atoms with Crippen LogP contribution in [0.15, 0.2) is 53.5 Å². The zero-order valence-corrected chi connectivity index (χ0v) is 18.4. The summed E-state index contributed by atoms with van der Waals surface area (Å²) in [5.41, 5.74) is 4.50. The molecule has 6 rings (SSSR count). The molecule has 1 atom stereocenters. The fraction of sp³-hybridized carbons (Fsp3) is 0.217. The quantitative estimate of drug-likeness (QED) is 0.452. The number of para-hydroxylation sites is 1. The van der Waals surface area contributed by atoms with Crippen molar-refractivity contribution < 1.29 is 9.21 Å². The van der Waals surface area contributed by atoms with Gasteiger partial charge in [0.25, 0.3) is 5.91 Å². The van der Waals surface area contributed by atoms with E-state index >= 15 is 0 Å². The monoisotopic (exact) mass is 444 g/mol. The van der Waals surface area contributed by atoms with E-state index in [1.54, 1.807) is 17.2 Å². The molecule has 1 N–H and O–H groups in total. The molecule has 160 valence electrons. The molecule has 1 aliphatic rings. The van der Waals surface area contributed by atoms with Crippen molar-refractivity contribution in [2.45, 2.75) is 19.4 Å². The van der Waals surface area contributed by atoms with E-state index in [0.29, 0.717) is 23.6 Å². The fourth-order valence-electron chi connectivity index (χ4n) is 4.37. The van der Waals surface area contributed by atoms with Crippen LogP contribution in [-0.2, 0) is 13.5 Å². The van der Waals surface area contributed by atoms with Crippen molar-refractivity contribution in [2.24, 2.45) is 7.05 Å². The first-order valence-electron chi connectivity index (χ1n) is 10.4. The first-order valence-corrected chi connectivity index (χ1v) is 11.2. The summed E-state index contributed by atoms with van der Waals surface area (Å²) in [6, 6.07) is 9.47. The van der Waals surface area contributed by atoms with Crippen LogP contribution < -0.4 is 0 Å². The van der Waals surface area contributed by atoms with Crippen LogP contribution in [0.2, 0.25) is 0 Å². The number of fused-ring (bicyclic) bond motifs is 2. The van der Waals surface area contributed by atoms with Gasteiger partial charge in [-0.15, -0.1) is 11.3 Å². The number of carbonyl (C=O) groups is 1. The van der Waals surface area contributed by atoms with Crippen LogP contribution in [0, 0.1) is 6.92 Å². The van der Waals surface area contributed by atoms with Crippen molar-refractivity contribution in [3.8, 4) is 10.6 Å². The lowest BCUT2D eigenvalue weighted by Gasteiger charge is -2.33. The van der Waals surface area contributed by atoms with Crippen LogP contribution in [0.5, 0.6) is 0 Å². The van der Waals surface area contributed by atoms with Gasteiger partial charge >= 0.3 is 0 Å². The van der Waals surface area contributed by atoms with Gasteiger partial charge in [0.1, 0.15) is 27.3 Å². The Morgan fingerprint density at radius 2 is 2.16 bits per heavy atom. The van der Waals surface area contributed by atoms with E-state index in [0.717, 1.165) is 38.6 Å². The summed E-state index contributed by atoms with van der Waals surface area (Å²) >= 11 is 1.39. The summed E-state index contributed by atoms with van der Waals surface area (Å²) in [6.07, 6.45) is 5.98. The zero-order chi connectivity index (χ0) is 21.8. The fourth-order valence-corrected chi connectivity index (χ4v) is 5.30. The molecule has 0 aliphatic carbocycles. The van der Waals surface area contributed by atoms with Crippen LogP contribution in [0.25, 0.3) is 21.5 Å². The topological polar surface area (TPSA) is 92.8 Å². The van der Waals surface area contributed by atoms with Gasteiger partial charge in [0.05, 0.1) is 29.5 Å². The van der Waals surface area contributed by atoms with Gasteiger partial charge in [-0.05, 0) is 19.1 Å². The Bertz CT molecular complexity index is 1430. The number of hydrogen-bond acceptors (Lipinski definition) is 6. The summed E-state index contributed by atoms with van der Waals surface area (Å²) in [4.78, 5) is 28.4.